The van der Waals surface area contributed by atoms with Gasteiger partial charge in [0.15, 0.2) is 0 Å². The van der Waals surface area contributed by atoms with Crippen LogP contribution < -0.4 is 21.3 Å². The van der Waals surface area contributed by atoms with E-state index in [-0.39, 0.29) is 23.9 Å². The summed E-state index contributed by atoms with van der Waals surface area (Å²) in [4.78, 5) is 30.1. The Hall–Kier alpha value is -3.86. The number of benzene rings is 1. The number of alkyl carbamates (subject to hydrolysis) is 1. The summed E-state index contributed by atoms with van der Waals surface area (Å²) >= 11 is 0. The third-order valence-corrected chi connectivity index (χ3v) is 5.52. The number of ether oxygens (including phenoxy) is 1. The van der Waals surface area contributed by atoms with E-state index in [2.05, 4.69) is 36.2 Å². The van der Waals surface area contributed by atoms with Gasteiger partial charge in [-0.1, -0.05) is 12.1 Å². The molecule has 1 amide bonds. The molecule has 4 N–H and O–H groups in total. The monoisotopic (exact) mass is 494 g/mol. The van der Waals surface area contributed by atoms with Gasteiger partial charge in [-0.2, -0.15) is 4.98 Å². The Kier molecular flexibility index (Phi) is 7.58. The second-order valence-corrected chi connectivity index (χ2v) is 9.61. The van der Waals surface area contributed by atoms with Crippen molar-refractivity contribution in [2.75, 3.05) is 17.2 Å². The molecule has 1 aliphatic rings. The number of nitrogens with zero attached hydrogens (tertiary/aromatic N) is 4. The van der Waals surface area contributed by atoms with E-state index in [4.69, 9.17) is 9.72 Å². The van der Waals surface area contributed by atoms with Gasteiger partial charge in [0.2, 0.25) is 5.95 Å². The average Bonchev–Trinajstić information content (AvgIpc) is 3.26. The summed E-state index contributed by atoms with van der Waals surface area (Å²) in [7, 11) is 0. The fourth-order valence-corrected chi connectivity index (χ4v) is 3.91. The average molecular weight is 495 g/mol. The van der Waals surface area contributed by atoms with Crippen molar-refractivity contribution in [1.29, 1.82) is 0 Å². The third-order valence-electron chi connectivity index (χ3n) is 5.52. The fraction of sp³-hybridized carbons (Fsp3) is 0.400. The maximum Gasteiger partial charge on any atom is 0.407 e. The van der Waals surface area contributed by atoms with Crippen molar-refractivity contribution < 1.29 is 13.9 Å². The number of rotatable bonds is 7. The topological polar surface area (TPSA) is 126 Å². The van der Waals surface area contributed by atoms with Crippen molar-refractivity contribution in [2.45, 2.75) is 57.8 Å². The van der Waals surface area contributed by atoms with Gasteiger partial charge in [-0.05, 0) is 58.4 Å². The molecular formula is C25H31FN8O2. The van der Waals surface area contributed by atoms with Crippen molar-refractivity contribution in [3.63, 3.8) is 0 Å². The predicted molar refractivity (Wildman–Crippen MR) is 134 cm³/mol. The van der Waals surface area contributed by atoms with Gasteiger partial charge in [0.25, 0.3) is 0 Å². The molecule has 0 radical (unpaired) electrons. The van der Waals surface area contributed by atoms with Crippen molar-refractivity contribution in [3.8, 4) is 0 Å². The van der Waals surface area contributed by atoms with Crippen molar-refractivity contribution >= 4 is 23.7 Å². The first-order valence-corrected chi connectivity index (χ1v) is 11.8. The number of nitrogens with one attached hydrogen (secondary N) is 4. The molecule has 1 aromatic carbocycles. The van der Waals surface area contributed by atoms with Crippen LogP contribution in [0.4, 0.5) is 26.8 Å². The van der Waals surface area contributed by atoms with E-state index in [1.54, 1.807) is 30.7 Å². The molecule has 1 saturated heterocycles. The molecule has 4 rings (SSSR count). The van der Waals surface area contributed by atoms with Crippen LogP contribution in [0, 0.1) is 5.82 Å². The van der Waals surface area contributed by atoms with Crippen LogP contribution in [-0.4, -0.2) is 44.2 Å². The molecule has 0 bridgehead atoms. The Morgan fingerprint density at radius 2 is 1.94 bits per heavy atom. The van der Waals surface area contributed by atoms with Crippen LogP contribution in [0.5, 0.6) is 0 Å². The number of hydrogen-bond donors (Lipinski definition) is 4. The van der Waals surface area contributed by atoms with Gasteiger partial charge in [-0.3, -0.25) is 4.98 Å². The van der Waals surface area contributed by atoms with Gasteiger partial charge >= 0.3 is 6.09 Å². The molecule has 2 unspecified atom stereocenters. The molecule has 11 heteroatoms. The van der Waals surface area contributed by atoms with Crippen LogP contribution in [0.2, 0.25) is 0 Å². The van der Waals surface area contributed by atoms with Crippen LogP contribution in [0.15, 0.2) is 48.9 Å². The van der Waals surface area contributed by atoms with E-state index in [0.29, 0.717) is 29.8 Å². The summed E-state index contributed by atoms with van der Waals surface area (Å²) in [6.45, 7) is 8.13. The Morgan fingerprint density at radius 3 is 2.64 bits per heavy atom. The normalized spacial score (nSPS) is 18.4. The number of carbonyl (C=O) groups excluding carboxylic acids is 1. The molecule has 3 aromatic rings. The van der Waals surface area contributed by atoms with E-state index in [9.17, 15) is 9.18 Å². The number of amides is 1. The number of anilines is 3. The summed E-state index contributed by atoms with van der Waals surface area (Å²) < 4.78 is 18.8. The SMILES string of the molecule is C[C@H](Nc1nc(Nc2cnccn2)cc(C2NCCC2NC(=O)OC(C)(C)C)n1)c1ccc(F)cc1. The molecule has 36 heavy (non-hydrogen) atoms. The number of carbonyl (C=O) groups is 1. The molecule has 190 valence electrons. The maximum atomic E-state index is 13.4. The molecule has 3 heterocycles. The number of halogens is 1. The zero-order valence-corrected chi connectivity index (χ0v) is 20.7. The maximum absolute atomic E-state index is 13.4. The lowest BCUT2D eigenvalue weighted by Crippen LogP contribution is -2.41. The first-order chi connectivity index (χ1) is 17.2. The molecule has 0 aliphatic carbocycles. The van der Waals surface area contributed by atoms with E-state index < -0.39 is 11.7 Å². The van der Waals surface area contributed by atoms with Crippen molar-refractivity contribution in [3.05, 3.63) is 66.0 Å². The standard InChI is InChI=1S/C25H31FN8O2/c1-15(16-5-7-17(26)8-6-16)30-23-31-19(13-20(34-23)33-21-14-27-11-12-28-21)22-18(9-10-29-22)32-24(35)36-25(2,3)4/h5-8,11-15,18,22,29H,9-10H2,1-4H3,(H,32,35)(H2,28,30,31,33,34)/t15-,18?,22?/m0/s1. The van der Waals surface area contributed by atoms with Gasteiger partial charge in [-0.15, -0.1) is 0 Å². The molecule has 1 aliphatic heterocycles. The second-order valence-electron chi connectivity index (χ2n) is 9.61. The van der Waals surface area contributed by atoms with Crippen LogP contribution in [-0.2, 0) is 4.74 Å². The Labute approximate surface area is 209 Å². The quantitative estimate of drug-likeness (QED) is 0.381. The smallest absolute Gasteiger partial charge is 0.407 e. The Balaban J connectivity index is 1.60. The van der Waals surface area contributed by atoms with Gasteiger partial charge in [-0.25, -0.2) is 19.2 Å². The molecule has 2 aromatic heterocycles. The summed E-state index contributed by atoms with van der Waals surface area (Å²) in [6.07, 6.45) is 5.01. The summed E-state index contributed by atoms with van der Waals surface area (Å²) in [6, 6.07) is 7.42. The first-order valence-electron chi connectivity index (χ1n) is 11.8. The van der Waals surface area contributed by atoms with Crippen molar-refractivity contribution in [1.82, 2.24) is 30.6 Å². The first kappa shape index (κ1) is 25.2. The second kappa shape index (κ2) is 10.8. The Bertz CT molecular complexity index is 1170. The molecule has 3 atom stereocenters. The minimum atomic E-state index is -0.595. The van der Waals surface area contributed by atoms with Crippen LogP contribution in [0.25, 0.3) is 0 Å². The predicted octanol–water partition coefficient (Wildman–Crippen LogP) is 4.25. The summed E-state index contributed by atoms with van der Waals surface area (Å²) in [5.41, 5.74) is 0.975. The number of hydrogen-bond acceptors (Lipinski definition) is 9. The van der Waals surface area contributed by atoms with E-state index >= 15 is 0 Å². The molecular weight excluding hydrogens is 463 g/mol. The van der Waals surface area contributed by atoms with E-state index in [1.165, 1.54) is 12.1 Å². The Morgan fingerprint density at radius 1 is 1.17 bits per heavy atom. The highest BCUT2D eigenvalue weighted by atomic mass is 19.1. The minimum Gasteiger partial charge on any atom is -0.444 e. The van der Waals surface area contributed by atoms with Crippen LogP contribution in [0.3, 0.4) is 0 Å². The highest BCUT2D eigenvalue weighted by Gasteiger charge is 2.32. The largest absolute Gasteiger partial charge is 0.444 e. The lowest BCUT2D eigenvalue weighted by Gasteiger charge is -2.25. The molecule has 1 fully saturated rings. The fourth-order valence-electron chi connectivity index (χ4n) is 3.91. The van der Waals surface area contributed by atoms with Gasteiger partial charge in [0, 0.05) is 18.5 Å². The molecule has 0 saturated carbocycles. The zero-order valence-electron chi connectivity index (χ0n) is 20.7. The van der Waals surface area contributed by atoms with E-state index in [0.717, 1.165) is 12.0 Å². The number of aromatic nitrogens is 4. The van der Waals surface area contributed by atoms with Crippen LogP contribution in [0.1, 0.15) is 57.5 Å². The third kappa shape index (κ3) is 6.85. The summed E-state index contributed by atoms with van der Waals surface area (Å²) in [5.74, 6) is 1.12. The van der Waals surface area contributed by atoms with Gasteiger partial charge in [0.1, 0.15) is 23.1 Å². The highest BCUT2D eigenvalue weighted by Crippen LogP contribution is 2.27. The van der Waals surface area contributed by atoms with Crippen molar-refractivity contribution in [2.24, 2.45) is 0 Å². The van der Waals surface area contributed by atoms with Gasteiger partial charge in [0.05, 0.1) is 30.0 Å². The van der Waals surface area contributed by atoms with Gasteiger partial charge < -0.3 is 26.0 Å². The lowest BCUT2D eigenvalue weighted by molar-refractivity contribution is 0.0500. The summed E-state index contributed by atoms with van der Waals surface area (Å²) in [5, 5.41) is 12.8. The lowest BCUT2D eigenvalue weighted by atomic mass is 10.1. The van der Waals surface area contributed by atoms with E-state index in [1.807, 2.05) is 33.8 Å². The highest BCUT2D eigenvalue weighted by molar-refractivity contribution is 5.68. The minimum absolute atomic E-state index is 0.183. The molecule has 0 spiro atoms. The molecule has 10 nitrogen and oxygen atoms in total. The zero-order chi connectivity index (χ0) is 25.7. The van der Waals surface area contributed by atoms with Crippen LogP contribution >= 0.6 is 0 Å².